The lowest BCUT2D eigenvalue weighted by atomic mass is 9.84. The second-order valence-electron chi connectivity index (χ2n) is 6.56. The molecule has 1 aromatic heterocycles. The van der Waals surface area contributed by atoms with Crippen molar-refractivity contribution < 1.29 is 9.26 Å². The predicted octanol–water partition coefficient (Wildman–Crippen LogP) is 3.22. The van der Waals surface area contributed by atoms with Gasteiger partial charge in [0.25, 0.3) is 0 Å². The molecule has 120 valence electrons. The Morgan fingerprint density at radius 2 is 1.86 bits per heavy atom. The van der Waals surface area contributed by atoms with E-state index in [2.05, 4.69) is 31.2 Å². The van der Waals surface area contributed by atoms with Gasteiger partial charge in [-0.15, -0.1) is 0 Å². The van der Waals surface area contributed by atoms with Crippen LogP contribution < -0.4 is 5.32 Å². The van der Waals surface area contributed by atoms with Crippen molar-refractivity contribution in [3.63, 3.8) is 0 Å². The molecule has 0 aromatic carbocycles. The summed E-state index contributed by atoms with van der Waals surface area (Å²) in [6, 6.07) is 0.295. The highest BCUT2D eigenvalue weighted by molar-refractivity contribution is 5.07. The zero-order valence-electron chi connectivity index (χ0n) is 14.0. The van der Waals surface area contributed by atoms with Crippen molar-refractivity contribution in [2.45, 2.75) is 70.4 Å². The summed E-state index contributed by atoms with van der Waals surface area (Å²) >= 11 is 0. The molecule has 21 heavy (non-hydrogen) atoms. The van der Waals surface area contributed by atoms with E-state index in [4.69, 9.17) is 14.2 Å². The van der Waals surface area contributed by atoms with Crippen LogP contribution >= 0.6 is 0 Å². The highest BCUT2D eigenvalue weighted by atomic mass is 16.5. The summed E-state index contributed by atoms with van der Waals surface area (Å²) in [6.07, 6.45) is 5.56. The minimum Gasteiger partial charge on any atom is -0.370 e. The van der Waals surface area contributed by atoms with E-state index in [1.54, 1.807) is 7.11 Å². The Kier molecular flexibility index (Phi) is 5.38. The molecule has 5 heteroatoms. The van der Waals surface area contributed by atoms with Crippen LogP contribution in [-0.4, -0.2) is 30.3 Å². The molecule has 0 saturated heterocycles. The minimum absolute atomic E-state index is 0.216. The average Bonchev–Trinajstić information content (AvgIpc) is 2.97. The number of likely N-dealkylation sites (N-methyl/N-ethyl adjacent to an activating group) is 1. The van der Waals surface area contributed by atoms with E-state index < -0.39 is 0 Å². The smallest absolute Gasteiger partial charge is 0.231 e. The van der Waals surface area contributed by atoms with Gasteiger partial charge in [0, 0.05) is 13.2 Å². The summed E-state index contributed by atoms with van der Waals surface area (Å²) in [4.78, 5) is 4.72. The van der Waals surface area contributed by atoms with Crippen molar-refractivity contribution in [2.75, 3.05) is 14.2 Å². The van der Waals surface area contributed by atoms with Gasteiger partial charge < -0.3 is 14.6 Å². The monoisotopic (exact) mass is 295 g/mol. The van der Waals surface area contributed by atoms with Gasteiger partial charge in [-0.05, 0) is 32.7 Å². The van der Waals surface area contributed by atoms with Gasteiger partial charge in [-0.1, -0.05) is 38.3 Å². The second kappa shape index (κ2) is 6.88. The number of aromatic nitrogens is 2. The molecule has 0 radical (unpaired) electrons. The maximum absolute atomic E-state index is 5.80. The molecule has 2 atom stereocenters. The Morgan fingerprint density at radius 1 is 1.19 bits per heavy atom. The van der Waals surface area contributed by atoms with E-state index >= 15 is 0 Å². The van der Waals surface area contributed by atoms with Gasteiger partial charge in [0.05, 0.1) is 5.92 Å². The fourth-order valence-corrected chi connectivity index (χ4v) is 3.45. The van der Waals surface area contributed by atoms with Gasteiger partial charge in [0.2, 0.25) is 11.7 Å². The quantitative estimate of drug-likeness (QED) is 0.873. The summed E-state index contributed by atoms with van der Waals surface area (Å²) < 4.78 is 11.4. The highest BCUT2D eigenvalue weighted by Crippen LogP contribution is 2.39. The fraction of sp³-hybridized carbons (Fsp3) is 0.875. The maximum atomic E-state index is 5.80. The van der Waals surface area contributed by atoms with Crippen molar-refractivity contribution in [3.8, 4) is 0 Å². The number of hydrogen-bond donors (Lipinski definition) is 1. The van der Waals surface area contributed by atoms with Crippen LogP contribution in [0.15, 0.2) is 4.52 Å². The highest BCUT2D eigenvalue weighted by Gasteiger charge is 2.39. The molecule has 1 fully saturated rings. The molecule has 0 bridgehead atoms. The maximum Gasteiger partial charge on any atom is 0.231 e. The van der Waals surface area contributed by atoms with Crippen molar-refractivity contribution in [1.82, 2.24) is 15.5 Å². The van der Waals surface area contributed by atoms with E-state index in [0.29, 0.717) is 12.0 Å². The Bertz CT molecular complexity index is 438. The SMILES string of the molecule is CNC(C)C(c1nc(C2(OC)CCCCC2)no1)C(C)C. The van der Waals surface area contributed by atoms with Gasteiger partial charge in [-0.2, -0.15) is 4.98 Å². The third kappa shape index (κ3) is 3.29. The largest absolute Gasteiger partial charge is 0.370 e. The van der Waals surface area contributed by atoms with Gasteiger partial charge in [-0.25, -0.2) is 0 Å². The first-order chi connectivity index (χ1) is 10.0. The zero-order valence-corrected chi connectivity index (χ0v) is 14.0. The summed E-state index contributed by atoms with van der Waals surface area (Å²) in [7, 11) is 3.73. The molecule has 0 amide bonds. The van der Waals surface area contributed by atoms with Gasteiger partial charge in [0.15, 0.2) is 0 Å². The van der Waals surface area contributed by atoms with Gasteiger partial charge >= 0.3 is 0 Å². The number of methoxy groups -OCH3 is 1. The number of nitrogens with one attached hydrogen (secondary N) is 1. The Morgan fingerprint density at radius 3 is 2.38 bits per heavy atom. The fourth-order valence-electron chi connectivity index (χ4n) is 3.45. The number of hydrogen-bond acceptors (Lipinski definition) is 5. The van der Waals surface area contributed by atoms with Crippen LogP contribution in [-0.2, 0) is 10.3 Å². The average molecular weight is 295 g/mol. The molecule has 0 spiro atoms. The topological polar surface area (TPSA) is 60.2 Å². The Labute approximate surface area is 127 Å². The van der Waals surface area contributed by atoms with Crippen molar-refractivity contribution in [2.24, 2.45) is 5.92 Å². The molecule has 1 aliphatic rings. The zero-order chi connectivity index (χ0) is 15.5. The molecule has 2 unspecified atom stereocenters. The molecule has 0 aliphatic heterocycles. The Balaban J connectivity index is 2.27. The third-order valence-corrected chi connectivity index (χ3v) is 4.90. The molecule has 1 aliphatic carbocycles. The van der Waals surface area contributed by atoms with Crippen LogP contribution in [0.5, 0.6) is 0 Å². The van der Waals surface area contributed by atoms with E-state index in [1.807, 2.05) is 7.05 Å². The van der Waals surface area contributed by atoms with Crippen LogP contribution in [0.25, 0.3) is 0 Å². The summed E-state index contributed by atoms with van der Waals surface area (Å²) in [5.74, 6) is 2.11. The van der Waals surface area contributed by atoms with E-state index in [-0.39, 0.29) is 11.5 Å². The molecule has 1 saturated carbocycles. The van der Waals surface area contributed by atoms with Crippen LogP contribution in [0.2, 0.25) is 0 Å². The first-order valence-electron chi connectivity index (χ1n) is 8.10. The van der Waals surface area contributed by atoms with Crippen LogP contribution in [0.1, 0.15) is 70.5 Å². The molecule has 2 rings (SSSR count). The normalized spacial score (nSPS) is 21.4. The predicted molar refractivity (Wildman–Crippen MR) is 82.2 cm³/mol. The minimum atomic E-state index is -0.343. The lowest BCUT2D eigenvalue weighted by Crippen LogP contribution is -2.34. The first kappa shape index (κ1) is 16.4. The molecular weight excluding hydrogens is 266 g/mol. The van der Waals surface area contributed by atoms with Crippen molar-refractivity contribution in [3.05, 3.63) is 11.7 Å². The number of rotatable bonds is 6. The lowest BCUT2D eigenvalue weighted by Gasteiger charge is -2.32. The molecule has 1 aromatic rings. The standard InChI is InChI=1S/C16H29N3O2/c1-11(2)13(12(3)17-4)14-18-15(19-21-14)16(20-5)9-7-6-8-10-16/h11-13,17H,6-10H2,1-5H3. The van der Waals surface area contributed by atoms with E-state index in [9.17, 15) is 0 Å². The summed E-state index contributed by atoms with van der Waals surface area (Å²) in [5.41, 5.74) is -0.343. The third-order valence-electron chi connectivity index (χ3n) is 4.90. The lowest BCUT2D eigenvalue weighted by molar-refractivity contribution is -0.0527. The second-order valence-corrected chi connectivity index (χ2v) is 6.56. The van der Waals surface area contributed by atoms with Crippen molar-refractivity contribution >= 4 is 0 Å². The van der Waals surface area contributed by atoms with Crippen LogP contribution in [0.4, 0.5) is 0 Å². The first-order valence-corrected chi connectivity index (χ1v) is 8.10. The van der Waals surface area contributed by atoms with Crippen LogP contribution in [0.3, 0.4) is 0 Å². The molecule has 1 heterocycles. The van der Waals surface area contributed by atoms with Crippen LogP contribution in [0, 0.1) is 5.92 Å². The van der Waals surface area contributed by atoms with E-state index in [1.165, 1.54) is 6.42 Å². The number of nitrogens with zero attached hydrogens (tertiary/aromatic N) is 2. The molecular formula is C16H29N3O2. The van der Waals surface area contributed by atoms with Gasteiger partial charge in [-0.3, -0.25) is 0 Å². The molecule has 1 N–H and O–H groups in total. The van der Waals surface area contributed by atoms with Gasteiger partial charge in [0.1, 0.15) is 5.60 Å². The van der Waals surface area contributed by atoms with Crippen molar-refractivity contribution in [1.29, 1.82) is 0 Å². The summed E-state index contributed by atoms with van der Waals surface area (Å²) in [6.45, 7) is 6.53. The Hall–Kier alpha value is -0.940. The number of ether oxygens (including phenoxy) is 1. The molecule has 5 nitrogen and oxygen atoms in total. The van der Waals surface area contributed by atoms with E-state index in [0.717, 1.165) is 37.4 Å². The summed E-state index contributed by atoms with van der Waals surface area (Å²) in [5, 5.41) is 7.56.